The van der Waals surface area contributed by atoms with Gasteiger partial charge in [-0.05, 0) is 67.3 Å². The summed E-state index contributed by atoms with van der Waals surface area (Å²) in [4.78, 5) is 0. The lowest BCUT2D eigenvalue weighted by Gasteiger charge is -2.30. The number of hydrogen-bond donors (Lipinski definition) is 0. The minimum Gasteiger partial charge on any atom is -0.497 e. The SMILES string of the molecule is COc1cc(OC)cc(C2(CCCCOc3ccccc3)CCCC2)c1. The van der Waals surface area contributed by atoms with Gasteiger partial charge in [-0.2, -0.15) is 0 Å². The number of methoxy groups -OCH3 is 2. The molecule has 0 aliphatic heterocycles. The fourth-order valence-corrected chi connectivity index (χ4v) is 4.12. The Labute approximate surface area is 157 Å². The first-order valence-electron chi connectivity index (χ1n) is 9.67. The van der Waals surface area contributed by atoms with Crippen LogP contribution in [-0.2, 0) is 5.41 Å². The maximum Gasteiger partial charge on any atom is 0.122 e. The van der Waals surface area contributed by atoms with Gasteiger partial charge in [-0.3, -0.25) is 0 Å². The molecule has 3 heteroatoms. The fraction of sp³-hybridized carbons (Fsp3) is 0.478. The lowest BCUT2D eigenvalue weighted by Crippen LogP contribution is -2.22. The Morgan fingerprint density at radius 3 is 2.08 bits per heavy atom. The molecule has 2 aromatic rings. The van der Waals surface area contributed by atoms with Crippen molar-refractivity contribution >= 4 is 0 Å². The Morgan fingerprint density at radius 2 is 1.46 bits per heavy atom. The molecular formula is C23H30O3. The van der Waals surface area contributed by atoms with Crippen LogP contribution in [0.25, 0.3) is 0 Å². The van der Waals surface area contributed by atoms with Gasteiger partial charge < -0.3 is 14.2 Å². The zero-order valence-corrected chi connectivity index (χ0v) is 16.0. The van der Waals surface area contributed by atoms with Crippen molar-refractivity contribution in [1.29, 1.82) is 0 Å². The van der Waals surface area contributed by atoms with Crippen LogP contribution >= 0.6 is 0 Å². The summed E-state index contributed by atoms with van der Waals surface area (Å²) in [5.74, 6) is 2.73. The van der Waals surface area contributed by atoms with E-state index in [0.29, 0.717) is 0 Å². The third-order valence-electron chi connectivity index (χ3n) is 5.59. The van der Waals surface area contributed by atoms with Crippen molar-refractivity contribution in [1.82, 2.24) is 0 Å². The summed E-state index contributed by atoms with van der Waals surface area (Å²) in [5, 5.41) is 0. The zero-order valence-electron chi connectivity index (χ0n) is 16.0. The molecule has 26 heavy (non-hydrogen) atoms. The number of rotatable bonds is 9. The first-order valence-corrected chi connectivity index (χ1v) is 9.67. The van der Waals surface area contributed by atoms with Crippen LogP contribution in [0.5, 0.6) is 17.2 Å². The number of para-hydroxylation sites is 1. The molecule has 0 N–H and O–H groups in total. The van der Waals surface area contributed by atoms with E-state index in [4.69, 9.17) is 14.2 Å². The van der Waals surface area contributed by atoms with Gasteiger partial charge in [-0.1, -0.05) is 31.0 Å². The molecule has 1 saturated carbocycles. The highest BCUT2D eigenvalue weighted by Gasteiger charge is 2.35. The number of benzene rings is 2. The predicted molar refractivity (Wildman–Crippen MR) is 105 cm³/mol. The second-order valence-electron chi connectivity index (χ2n) is 7.21. The summed E-state index contributed by atoms with van der Waals surface area (Å²) in [5.41, 5.74) is 1.63. The molecule has 0 bridgehead atoms. The molecule has 0 amide bonds. The highest BCUT2D eigenvalue weighted by molar-refractivity contribution is 5.42. The minimum atomic E-state index is 0.258. The van der Waals surface area contributed by atoms with E-state index >= 15 is 0 Å². The molecule has 0 radical (unpaired) electrons. The van der Waals surface area contributed by atoms with Crippen molar-refractivity contribution in [3.05, 3.63) is 54.1 Å². The van der Waals surface area contributed by atoms with Crippen LogP contribution in [0.4, 0.5) is 0 Å². The Hall–Kier alpha value is -2.16. The predicted octanol–water partition coefficient (Wildman–Crippen LogP) is 5.76. The molecule has 3 rings (SSSR count). The third kappa shape index (κ3) is 4.51. The van der Waals surface area contributed by atoms with Gasteiger partial charge in [0.05, 0.1) is 20.8 Å². The van der Waals surface area contributed by atoms with Crippen LogP contribution in [0.15, 0.2) is 48.5 Å². The maximum atomic E-state index is 5.84. The van der Waals surface area contributed by atoms with Crippen molar-refractivity contribution in [2.45, 2.75) is 50.4 Å². The van der Waals surface area contributed by atoms with Crippen LogP contribution in [0.3, 0.4) is 0 Å². The van der Waals surface area contributed by atoms with Crippen molar-refractivity contribution < 1.29 is 14.2 Å². The highest BCUT2D eigenvalue weighted by atomic mass is 16.5. The first-order chi connectivity index (χ1) is 12.8. The Morgan fingerprint density at radius 1 is 0.808 bits per heavy atom. The second-order valence-corrected chi connectivity index (χ2v) is 7.21. The average Bonchev–Trinajstić information content (AvgIpc) is 3.18. The topological polar surface area (TPSA) is 27.7 Å². The zero-order chi connectivity index (χ0) is 18.2. The normalized spacial score (nSPS) is 15.6. The molecule has 0 heterocycles. The van der Waals surface area contributed by atoms with Crippen molar-refractivity contribution in [3.63, 3.8) is 0 Å². The molecule has 1 aliphatic carbocycles. The van der Waals surface area contributed by atoms with E-state index in [1.165, 1.54) is 44.1 Å². The monoisotopic (exact) mass is 354 g/mol. The van der Waals surface area contributed by atoms with Gasteiger partial charge in [0.25, 0.3) is 0 Å². The van der Waals surface area contributed by atoms with Gasteiger partial charge in [-0.25, -0.2) is 0 Å². The van der Waals surface area contributed by atoms with E-state index in [1.54, 1.807) is 14.2 Å². The molecule has 1 fully saturated rings. The lowest BCUT2D eigenvalue weighted by atomic mass is 9.75. The Balaban J connectivity index is 1.61. The molecule has 0 saturated heterocycles. The fourth-order valence-electron chi connectivity index (χ4n) is 4.12. The summed E-state index contributed by atoms with van der Waals surface area (Å²) in [6.45, 7) is 0.779. The third-order valence-corrected chi connectivity index (χ3v) is 5.59. The van der Waals surface area contributed by atoms with Crippen LogP contribution in [0, 0.1) is 0 Å². The average molecular weight is 354 g/mol. The van der Waals surface area contributed by atoms with Crippen LogP contribution in [0.1, 0.15) is 50.5 Å². The number of hydrogen-bond acceptors (Lipinski definition) is 3. The quantitative estimate of drug-likeness (QED) is 0.535. The Kier molecular flexibility index (Phi) is 6.43. The van der Waals surface area contributed by atoms with Crippen molar-refractivity contribution in [2.75, 3.05) is 20.8 Å². The minimum absolute atomic E-state index is 0.258. The standard InChI is InChI=1S/C23H30O3/c1-24-21-16-19(17-22(18-21)25-2)23(12-6-7-13-23)14-8-9-15-26-20-10-4-3-5-11-20/h3-5,10-11,16-18H,6-9,12-15H2,1-2H3. The van der Waals surface area contributed by atoms with E-state index < -0.39 is 0 Å². The highest BCUT2D eigenvalue weighted by Crippen LogP contribution is 2.46. The van der Waals surface area contributed by atoms with E-state index in [0.717, 1.165) is 30.3 Å². The number of ether oxygens (including phenoxy) is 3. The van der Waals surface area contributed by atoms with Crippen molar-refractivity contribution in [3.8, 4) is 17.2 Å². The van der Waals surface area contributed by atoms with Gasteiger partial charge in [0.1, 0.15) is 17.2 Å². The molecule has 3 nitrogen and oxygen atoms in total. The molecule has 140 valence electrons. The lowest BCUT2D eigenvalue weighted by molar-refractivity contribution is 0.291. The maximum absolute atomic E-state index is 5.84. The van der Waals surface area contributed by atoms with E-state index in [2.05, 4.69) is 12.1 Å². The first kappa shape index (κ1) is 18.6. The molecular weight excluding hydrogens is 324 g/mol. The molecule has 0 unspecified atom stereocenters. The van der Waals surface area contributed by atoms with Gasteiger partial charge in [0.15, 0.2) is 0 Å². The largest absolute Gasteiger partial charge is 0.497 e. The number of unbranched alkanes of at least 4 members (excludes halogenated alkanes) is 1. The van der Waals surface area contributed by atoms with Crippen LogP contribution in [-0.4, -0.2) is 20.8 Å². The summed E-state index contributed by atoms with van der Waals surface area (Å²) in [7, 11) is 3.45. The molecule has 0 atom stereocenters. The van der Waals surface area contributed by atoms with Crippen LogP contribution < -0.4 is 14.2 Å². The second kappa shape index (κ2) is 8.98. The van der Waals surface area contributed by atoms with Gasteiger partial charge in [0, 0.05) is 6.07 Å². The molecule has 1 aliphatic rings. The molecule has 0 aromatic heterocycles. The van der Waals surface area contributed by atoms with Crippen molar-refractivity contribution in [2.24, 2.45) is 0 Å². The van der Waals surface area contributed by atoms with Gasteiger partial charge >= 0.3 is 0 Å². The molecule has 2 aromatic carbocycles. The summed E-state index contributed by atoms with van der Waals surface area (Å²) in [6, 6.07) is 16.4. The van der Waals surface area contributed by atoms with Gasteiger partial charge in [-0.15, -0.1) is 0 Å². The smallest absolute Gasteiger partial charge is 0.122 e. The summed E-state index contributed by atoms with van der Waals surface area (Å²) in [6.07, 6.45) is 8.57. The van der Waals surface area contributed by atoms with E-state index in [1.807, 2.05) is 36.4 Å². The summed E-state index contributed by atoms with van der Waals surface area (Å²) < 4.78 is 16.8. The Bertz CT molecular complexity index is 653. The van der Waals surface area contributed by atoms with E-state index in [9.17, 15) is 0 Å². The summed E-state index contributed by atoms with van der Waals surface area (Å²) >= 11 is 0. The molecule has 0 spiro atoms. The van der Waals surface area contributed by atoms with Gasteiger partial charge in [0.2, 0.25) is 0 Å². The van der Waals surface area contributed by atoms with Crippen LogP contribution in [0.2, 0.25) is 0 Å². The van der Waals surface area contributed by atoms with E-state index in [-0.39, 0.29) is 5.41 Å².